The van der Waals surface area contributed by atoms with Crippen molar-refractivity contribution in [3.05, 3.63) is 76.0 Å². The van der Waals surface area contributed by atoms with Crippen molar-refractivity contribution in [2.45, 2.75) is 13.2 Å². The first kappa shape index (κ1) is 23.1. The number of nitrogens with zero attached hydrogens (tertiary/aromatic N) is 1. The molecule has 3 aromatic rings. The number of hydrogen-bond donors (Lipinski definition) is 1. The third-order valence-corrected chi connectivity index (χ3v) is 5.44. The Kier molecular flexibility index (Phi) is 8.10. The van der Waals surface area contributed by atoms with Crippen LogP contribution in [0.1, 0.15) is 20.8 Å². The summed E-state index contributed by atoms with van der Waals surface area (Å²) in [5.41, 5.74) is 1.36. The number of ether oxygens (including phenoxy) is 3. The Bertz CT molecular complexity index is 1050. The zero-order valence-corrected chi connectivity index (χ0v) is 19.1. The fourth-order valence-electron chi connectivity index (χ4n) is 2.77. The maximum atomic E-state index is 12.6. The Balaban J connectivity index is 1.57. The van der Waals surface area contributed by atoms with E-state index >= 15 is 0 Å². The van der Waals surface area contributed by atoms with Crippen LogP contribution in [0, 0.1) is 0 Å². The van der Waals surface area contributed by atoms with Gasteiger partial charge in [-0.2, -0.15) is 0 Å². The molecule has 1 heterocycles. The monoisotopic (exact) mass is 454 g/mol. The highest BCUT2D eigenvalue weighted by atomic mass is 32.1. The third-order valence-electron chi connectivity index (χ3n) is 4.59. The van der Waals surface area contributed by atoms with E-state index in [0.29, 0.717) is 36.0 Å². The van der Waals surface area contributed by atoms with Gasteiger partial charge in [-0.1, -0.05) is 18.2 Å². The summed E-state index contributed by atoms with van der Waals surface area (Å²) in [4.78, 5) is 26.9. The summed E-state index contributed by atoms with van der Waals surface area (Å²) in [7, 11) is 4.86. The maximum Gasteiger partial charge on any atom is 0.259 e. The average Bonchev–Trinajstić information content (AvgIpc) is 3.33. The van der Waals surface area contributed by atoms with Crippen LogP contribution in [0.2, 0.25) is 0 Å². The minimum absolute atomic E-state index is 0.0790. The van der Waals surface area contributed by atoms with Crippen LogP contribution < -0.4 is 19.5 Å². The van der Waals surface area contributed by atoms with Crippen LogP contribution in [-0.2, 0) is 17.9 Å². The predicted molar refractivity (Wildman–Crippen MR) is 123 cm³/mol. The first-order chi connectivity index (χ1) is 15.5. The Morgan fingerprint density at radius 1 is 1.00 bits per heavy atom. The Morgan fingerprint density at radius 3 is 2.56 bits per heavy atom. The zero-order valence-electron chi connectivity index (χ0n) is 18.3. The SMILES string of the molecule is COc1cc(CNC(=O)c2cccc(OCc3cccs3)c2)ccc1OCC(=O)N(C)C. The molecule has 0 aliphatic rings. The molecule has 0 saturated heterocycles. The van der Waals surface area contributed by atoms with Crippen molar-refractivity contribution in [1.29, 1.82) is 0 Å². The molecule has 2 amide bonds. The molecule has 0 unspecified atom stereocenters. The predicted octanol–water partition coefficient (Wildman–Crippen LogP) is 3.73. The molecule has 0 atom stereocenters. The summed E-state index contributed by atoms with van der Waals surface area (Å²) in [5, 5.41) is 4.90. The second-order valence-electron chi connectivity index (χ2n) is 7.14. The van der Waals surface area contributed by atoms with E-state index in [0.717, 1.165) is 10.4 Å². The molecular formula is C24H26N2O5S. The summed E-state index contributed by atoms with van der Waals surface area (Å²) in [6.45, 7) is 0.702. The molecule has 2 aromatic carbocycles. The van der Waals surface area contributed by atoms with E-state index in [1.807, 2.05) is 29.6 Å². The van der Waals surface area contributed by atoms with E-state index in [1.165, 1.54) is 12.0 Å². The van der Waals surface area contributed by atoms with Crippen LogP contribution in [0.4, 0.5) is 0 Å². The molecule has 7 nitrogen and oxygen atoms in total. The summed E-state index contributed by atoms with van der Waals surface area (Å²) in [5.74, 6) is 1.24. The van der Waals surface area contributed by atoms with Gasteiger partial charge in [0.2, 0.25) is 0 Å². The van der Waals surface area contributed by atoms with Crippen molar-refractivity contribution in [3.8, 4) is 17.2 Å². The quantitative estimate of drug-likeness (QED) is 0.505. The second-order valence-corrected chi connectivity index (χ2v) is 8.17. The fourth-order valence-corrected chi connectivity index (χ4v) is 3.39. The largest absolute Gasteiger partial charge is 0.493 e. The number of rotatable bonds is 10. The van der Waals surface area contributed by atoms with Crippen molar-refractivity contribution < 1.29 is 23.8 Å². The van der Waals surface area contributed by atoms with E-state index in [4.69, 9.17) is 14.2 Å². The van der Waals surface area contributed by atoms with Crippen LogP contribution in [0.3, 0.4) is 0 Å². The van der Waals surface area contributed by atoms with E-state index in [1.54, 1.807) is 55.8 Å². The summed E-state index contributed by atoms with van der Waals surface area (Å²) >= 11 is 1.63. The minimum atomic E-state index is -0.206. The molecule has 0 bridgehead atoms. The molecule has 0 radical (unpaired) electrons. The van der Waals surface area contributed by atoms with Crippen LogP contribution >= 0.6 is 11.3 Å². The van der Waals surface area contributed by atoms with Crippen molar-refractivity contribution in [3.63, 3.8) is 0 Å². The Hall–Kier alpha value is -3.52. The number of likely N-dealkylation sites (N-methyl/N-ethyl adjacent to an activating group) is 1. The fraction of sp³-hybridized carbons (Fsp3) is 0.250. The number of thiophene rings is 1. The number of hydrogen-bond acceptors (Lipinski definition) is 6. The molecule has 168 valence electrons. The molecule has 0 fully saturated rings. The first-order valence-electron chi connectivity index (χ1n) is 9.99. The van der Waals surface area contributed by atoms with Gasteiger partial charge in [0.1, 0.15) is 12.4 Å². The van der Waals surface area contributed by atoms with Crippen LogP contribution in [-0.4, -0.2) is 44.5 Å². The number of carbonyl (C=O) groups is 2. The van der Waals surface area contributed by atoms with Crippen molar-refractivity contribution in [2.24, 2.45) is 0 Å². The molecule has 3 rings (SSSR count). The van der Waals surface area contributed by atoms with Gasteiger partial charge < -0.3 is 24.4 Å². The highest BCUT2D eigenvalue weighted by Crippen LogP contribution is 2.28. The highest BCUT2D eigenvalue weighted by molar-refractivity contribution is 7.09. The first-order valence-corrected chi connectivity index (χ1v) is 10.9. The van der Waals surface area contributed by atoms with E-state index in [-0.39, 0.29) is 18.4 Å². The number of carbonyl (C=O) groups excluding carboxylic acids is 2. The third kappa shape index (κ3) is 6.49. The normalized spacial score (nSPS) is 10.3. The molecule has 0 aliphatic carbocycles. The van der Waals surface area contributed by atoms with Crippen molar-refractivity contribution >= 4 is 23.2 Å². The number of amides is 2. The highest BCUT2D eigenvalue weighted by Gasteiger charge is 2.11. The lowest BCUT2D eigenvalue weighted by atomic mass is 10.1. The van der Waals surface area contributed by atoms with Crippen LogP contribution in [0.25, 0.3) is 0 Å². The lowest BCUT2D eigenvalue weighted by Crippen LogP contribution is -2.27. The van der Waals surface area contributed by atoms with Gasteiger partial charge in [0.15, 0.2) is 18.1 Å². The van der Waals surface area contributed by atoms with Crippen LogP contribution in [0.15, 0.2) is 60.0 Å². The lowest BCUT2D eigenvalue weighted by Gasteiger charge is -2.14. The van der Waals surface area contributed by atoms with E-state index in [9.17, 15) is 9.59 Å². The molecular weight excluding hydrogens is 428 g/mol. The van der Waals surface area contributed by atoms with Gasteiger partial charge in [-0.25, -0.2) is 0 Å². The molecule has 32 heavy (non-hydrogen) atoms. The topological polar surface area (TPSA) is 77.1 Å². The maximum absolute atomic E-state index is 12.6. The van der Waals surface area contributed by atoms with Gasteiger partial charge in [0.25, 0.3) is 11.8 Å². The standard InChI is InChI=1S/C24H26N2O5S/c1-26(2)23(27)16-31-21-10-9-17(12-22(21)29-3)14-25-24(28)18-6-4-7-19(13-18)30-15-20-8-5-11-32-20/h4-13H,14-16H2,1-3H3,(H,25,28). The molecule has 8 heteroatoms. The number of methoxy groups -OCH3 is 1. The molecule has 0 spiro atoms. The summed E-state index contributed by atoms with van der Waals surface area (Å²) in [6, 6.07) is 16.4. The van der Waals surface area contributed by atoms with Crippen LogP contribution in [0.5, 0.6) is 17.2 Å². The molecule has 1 aromatic heterocycles. The Labute approximate surface area is 191 Å². The van der Waals surface area contributed by atoms with Crippen molar-refractivity contribution in [2.75, 3.05) is 27.8 Å². The van der Waals surface area contributed by atoms with Gasteiger partial charge in [-0.3, -0.25) is 9.59 Å². The Morgan fingerprint density at radius 2 is 1.84 bits per heavy atom. The van der Waals surface area contributed by atoms with Gasteiger partial charge in [-0.15, -0.1) is 11.3 Å². The lowest BCUT2D eigenvalue weighted by molar-refractivity contribution is -0.130. The number of benzene rings is 2. The summed E-state index contributed by atoms with van der Waals surface area (Å²) in [6.07, 6.45) is 0. The van der Waals surface area contributed by atoms with Gasteiger partial charge in [-0.05, 0) is 47.3 Å². The second kappa shape index (κ2) is 11.2. The smallest absolute Gasteiger partial charge is 0.259 e. The van der Waals surface area contributed by atoms with Gasteiger partial charge in [0.05, 0.1) is 7.11 Å². The van der Waals surface area contributed by atoms with Gasteiger partial charge >= 0.3 is 0 Å². The van der Waals surface area contributed by atoms with Crippen molar-refractivity contribution in [1.82, 2.24) is 10.2 Å². The molecule has 0 saturated carbocycles. The average molecular weight is 455 g/mol. The number of nitrogens with one attached hydrogen (secondary N) is 1. The molecule has 0 aliphatic heterocycles. The van der Waals surface area contributed by atoms with E-state index < -0.39 is 0 Å². The zero-order chi connectivity index (χ0) is 22.9. The molecule has 1 N–H and O–H groups in total. The van der Waals surface area contributed by atoms with E-state index in [2.05, 4.69) is 5.32 Å². The minimum Gasteiger partial charge on any atom is -0.493 e. The van der Waals surface area contributed by atoms with Gasteiger partial charge in [0, 0.05) is 31.1 Å². The summed E-state index contributed by atoms with van der Waals surface area (Å²) < 4.78 is 16.7.